The Morgan fingerprint density at radius 3 is 2.25 bits per heavy atom. The Morgan fingerprint density at radius 2 is 2.25 bits per heavy atom. The predicted molar refractivity (Wildman–Crippen MR) is 15.9 cm³/mol. The Balaban J connectivity index is 2.95. The Labute approximate surface area is 25.4 Å². The Hall–Kier alpha value is -0.570. The van der Waals surface area contributed by atoms with E-state index in [-0.39, 0.29) is 0 Å². The highest BCUT2D eigenvalue weighted by Crippen LogP contribution is 1.87. The van der Waals surface area contributed by atoms with Crippen molar-refractivity contribution in [2.75, 3.05) is 0 Å². The molecule has 1 rings (SSSR count). The highest BCUT2D eigenvalue weighted by molar-refractivity contribution is 4.93. The highest BCUT2D eigenvalue weighted by Gasteiger charge is 1.89. The summed E-state index contributed by atoms with van der Waals surface area (Å²) in [7, 11) is 0. The van der Waals surface area contributed by atoms with Gasteiger partial charge in [-0.15, -0.1) is 0 Å². The molecule has 0 atom stereocenters. The lowest BCUT2D eigenvalue weighted by Crippen LogP contribution is -1.60. The molecule has 0 aromatic rings. The maximum Gasteiger partial charge on any atom is 0.185 e. The quantitative estimate of drug-likeness (QED) is 0.283. The van der Waals surface area contributed by atoms with Gasteiger partial charge in [-0.2, -0.15) is 0 Å². The molecule has 0 fully saturated rings. The summed E-state index contributed by atoms with van der Waals surface area (Å²) >= 11 is 0. The average molecular weight is 51.1 g/mol. The first-order valence-corrected chi connectivity index (χ1v) is 1.30. The minimum absolute atomic E-state index is 1.01. The minimum Gasteiger partial charge on any atom is 0.130 e. The summed E-state index contributed by atoms with van der Waals surface area (Å²) in [5.41, 5.74) is 2.74. The first-order chi connectivity index (χ1) is 2.00. The maximum absolute atomic E-state index is 2.81. The van der Waals surface area contributed by atoms with Crippen LogP contribution in [0.1, 0.15) is 6.42 Å². The molecule has 4 heavy (non-hydrogen) atoms. The maximum atomic E-state index is 2.81. The molecule has 0 unspecified atom stereocenters. The fraction of sp³-hybridized carbons (Fsp3) is 0.250. The van der Waals surface area contributed by atoms with Crippen LogP contribution in [0.2, 0.25) is 0 Å². The normalized spacial score (nSPS) is 14.0. The monoisotopic (exact) mass is 51.0 g/mol. The van der Waals surface area contributed by atoms with Crippen molar-refractivity contribution < 1.29 is 0 Å². The molecule has 0 aliphatic heterocycles. The Morgan fingerprint density at radius 1 is 2.00 bits per heavy atom. The van der Waals surface area contributed by atoms with Crippen LogP contribution in [0.25, 0.3) is 0 Å². The summed E-state index contributed by atoms with van der Waals surface area (Å²) in [5.74, 6) is 0. The molecule has 0 radical (unpaired) electrons. The van der Waals surface area contributed by atoms with E-state index in [4.69, 9.17) is 0 Å². The molecule has 0 saturated heterocycles. The summed E-state index contributed by atoms with van der Waals surface area (Å²) in [4.78, 5) is 0. The molecule has 0 N–H and O–H groups in total. The van der Waals surface area contributed by atoms with Crippen LogP contribution in [0, 0.1) is 6.08 Å². The molecule has 0 aromatic heterocycles. The second-order valence-electron chi connectivity index (χ2n) is 0.729. The molecule has 0 spiro atoms. The van der Waals surface area contributed by atoms with Crippen molar-refractivity contribution in [2.45, 2.75) is 6.42 Å². The SMILES string of the molecule is C1=[C+]CC=1. The van der Waals surface area contributed by atoms with Crippen molar-refractivity contribution in [3.05, 3.63) is 17.9 Å². The van der Waals surface area contributed by atoms with E-state index in [1.807, 2.05) is 6.08 Å². The van der Waals surface area contributed by atoms with Gasteiger partial charge in [-0.05, 0) is 0 Å². The summed E-state index contributed by atoms with van der Waals surface area (Å²) in [6.07, 6.45) is 5.76. The van der Waals surface area contributed by atoms with Crippen molar-refractivity contribution in [1.29, 1.82) is 0 Å². The third-order valence-corrected chi connectivity index (χ3v) is 0.408. The molecule has 1 aliphatic carbocycles. The summed E-state index contributed by atoms with van der Waals surface area (Å²) in [6.45, 7) is 0. The van der Waals surface area contributed by atoms with Gasteiger partial charge in [0.1, 0.15) is 17.9 Å². The molecule has 0 heteroatoms. The lowest BCUT2D eigenvalue weighted by molar-refractivity contribution is 1.28. The van der Waals surface area contributed by atoms with Crippen molar-refractivity contribution >= 4 is 0 Å². The smallest absolute Gasteiger partial charge is 0.130 e. The number of hydrogen-bond donors (Lipinski definition) is 0. The fourth-order valence-corrected chi connectivity index (χ4v) is 0.102. The van der Waals surface area contributed by atoms with E-state index in [9.17, 15) is 0 Å². The predicted octanol–water partition coefficient (Wildman–Crippen LogP) is 0.905. The molecule has 0 bridgehead atoms. The molecule has 1 aliphatic rings. The second-order valence-corrected chi connectivity index (χ2v) is 0.729. The van der Waals surface area contributed by atoms with Gasteiger partial charge in [-0.3, -0.25) is 0 Å². The topological polar surface area (TPSA) is 0 Å². The number of hydrogen-bond acceptors (Lipinski definition) is 0. The van der Waals surface area contributed by atoms with Crippen LogP contribution in [0.15, 0.2) is 11.8 Å². The second kappa shape index (κ2) is 0.422. The molecule has 0 nitrogen and oxygen atoms in total. The molecular formula is C4H3+. The largest absolute Gasteiger partial charge is 0.185 e. The van der Waals surface area contributed by atoms with E-state index in [1.165, 1.54) is 0 Å². The van der Waals surface area contributed by atoms with Gasteiger partial charge < -0.3 is 0 Å². The summed E-state index contributed by atoms with van der Waals surface area (Å²) < 4.78 is 0. The van der Waals surface area contributed by atoms with Gasteiger partial charge in [0.25, 0.3) is 0 Å². The van der Waals surface area contributed by atoms with Crippen molar-refractivity contribution in [2.24, 2.45) is 0 Å². The molecule has 0 saturated carbocycles. The lowest BCUT2D eigenvalue weighted by atomic mass is 10.3. The van der Waals surface area contributed by atoms with Crippen LogP contribution in [-0.2, 0) is 0 Å². The zero-order valence-corrected chi connectivity index (χ0v) is 2.28. The summed E-state index contributed by atoms with van der Waals surface area (Å²) in [5, 5.41) is 0. The van der Waals surface area contributed by atoms with Crippen LogP contribution in [0.5, 0.6) is 0 Å². The van der Waals surface area contributed by atoms with E-state index in [0.29, 0.717) is 0 Å². The molecule has 0 amide bonds. The summed E-state index contributed by atoms with van der Waals surface area (Å²) in [6, 6.07) is 0. The number of allylic oxidation sites excluding steroid dienone is 1. The third kappa shape index (κ3) is 0.0225. The third-order valence-electron chi connectivity index (χ3n) is 0.408. The molecule has 0 aromatic carbocycles. The Bertz CT molecular complexity index is 58.1. The van der Waals surface area contributed by atoms with Crippen molar-refractivity contribution in [3.8, 4) is 0 Å². The van der Waals surface area contributed by atoms with Crippen LogP contribution in [0.4, 0.5) is 0 Å². The van der Waals surface area contributed by atoms with E-state index in [2.05, 4.69) is 11.8 Å². The molecular weight excluding hydrogens is 48.0 g/mol. The number of rotatable bonds is 0. The molecule has 18 valence electrons. The minimum atomic E-state index is 1.01. The van der Waals surface area contributed by atoms with Gasteiger partial charge in [-0.1, -0.05) is 0 Å². The Kier molecular flexibility index (Phi) is 0.182. The van der Waals surface area contributed by atoms with Gasteiger partial charge in [0.15, 0.2) is 6.42 Å². The van der Waals surface area contributed by atoms with Crippen molar-refractivity contribution in [1.82, 2.24) is 0 Å². The van der Waals surface area contributed by atoms with Gasteiger partial charge in [-0.25, -0.2) is 0 Å². The van der Waals surface area contributed by atoms with E-state index >= 15 is 0 Å². The van der Waals surface area contributed by atoms with Gasteiger partial charge >= 0.3 is 0 Å². The van der Waals surface area contributed by atoms with Crippen molar-refractivity contribution in [3.63, 3.8) is 0 Å². The average Bonchev–Trinajstić information content (AvgIpc) is 0.722. The standard InChI is InChI=1S/C4H3/c1-2-4-3-1/h1H,2H2/q+1. The van der Waals surface area contributed by atoms with Gasteiger partial charge in [0.2, 0.25) is 0 Å². The fourth-order valence-electron chi connectivity index (χ4n) is 0.102. The highest BCUT2D eigenvalue weighted by atomic mass is 13.7. The van der Waals surface area contributed by atoms with Crippen LogP contribution in [-0.4, -0.2) is 0 Å². The van der Waals surface area contributed by atoms with Gasteiger partial charge in [0, 0.05) is 0 Å². The van der Waals surface area contributed by atoms with Crippen LogP contribution in [0.3, 0.4) is 0 Å². The van der Waals surface area contributed by atoms with Crippen LogP contribution < -0.4 is 0 Å². The van der Waals surface area contributed by atoms with E-state index < -0.39 is 0 Å². The zero-order valence-electron chi connectivity index (χ0n) is 2.28. The molecule has 0 heterocycles. The van der Waals surface area contributed by atoms with Crippen LogP contribution >= 0.6 is 0 Å². The van der Waals surface area contributed by atoms with E-state index in [0.717, 1.165) is 6.42 Å². The van der Waals surface area contributed by atoms with Gasteiger partial charge in [0.05, 0.1) is 0 Å². The first kappa shape index (κ1) is 1.72. The first-order valence-electron chi connectivity index (χ1n) is 1.30. The van der Waals surface area contributed by atoms with E-state index in [1.54, 1.807) is 0 Å². The zero-order chi connectivity index (χ0) is 2.83. The lowest BCUT2D eigenvalue weighted by Gasteiger charge is -1.58.